The molecule has 3 aromatic carbocycles. The topological polar surface area (TPSA) is 65.7 Å². The van der Waals surface area contributed by atoms with Gasteiger partial charge in [0.25, 0.3) is 5.56 Å². The Hall–Kier alpha value is -3.16. The van der Waals surface area contributed by atoms with E-state index in [9.17, 15) is 4.79 Å². The number of hydrogen-bond donors (Lipinski definition) is 0. The number of methoxy groups -OCH3 is 1. The number of rotatable bonds is 6. The van der Waals surface area contributed by atoms with Crippen LogP contribution in [0.5, 0.6) is 11.5 Å². The van der Waals surface area contributed by atoms with Crippen molar-refractivity contribution in [2.75, 3.05) is 7.11 Å². The standard InChI is InChI=1S/C27H25BrClN3O3/c1-27(2,3)26-31-22-13-10-19(28)14-21(22)25(33)32(26)30-15-18-6-5-7-23(34-4)24(18)35-16-17-8-11-20(29)12-9-17/h5-15H,16H2,1-4H3. The number of halogens is 2. The summed E-state index contributed by atoms with van der Waals surface area (Å²) >= 11 is 9.43. The first-order chi connectivity index (χ1) is 16.7. The van der Waals surface area contributed by atoms with E-state index in [1.165, 1.54) is 4.68 Å². The van der Waals surface area contributed by atoms with E-state index in [1.54, 1.807) is 19.4 Å². The van der Waals surface area contributed by atoms with Crippen molar-refractivity contribution in [2.24, 2.45) is 5.10 Å². The quantitative estimate of drug-likeness (QED) is 0.253. The van der Waals surface area contributed by atoms with E-state index in [-0.39, 0.29) is 5.56 Å². The molecule has 8 heteroatoms. The molecule has 0 bridgehead atoms. The predicted molar refractivity (Wildman–Crippen MR) is 144 cm³/mol. The molecule has 1 aromatic heterocycles. The van der Waals surface area contributed by atoms with Crippen molar-refractivity contribution < 1.29 is 9.47 Å². The SMILES string of the molecule is COc1cccc(C=Nn2c(C(C)(C)C)nc3ccc(Br)cc3c2=O)c1OCc1ccc(Cl)cc1. The maximum absolute atomic E-state index is 13.4. The number of nitrogens with zero attached hydrogens (tertiary/aromatic N) is 3. The lowest BCUT2D eigenvalue weighted by atomic mass is 9.95. The first-order valence-corrected chi connectivity index (χ1v) is 12.2. The zero-order valence-electron chi connectivity index (χ0n) is 19.9. The molecular formula is C27H25BrClN3O3. The van der Waals surface area contributed by atoms with Crippen LogP contribution in [0.2, 0.25) is 5.02 Å². The first-order valence-electron chi connectivity index (χ1n) is 11.0. The number of hydrogen-bond acceptors (Lipinski definition) is 5. The monoisotopic (exact) mass is 553 g/mol. The van der Waals surface area contributed by atoms with Gasteiger partial charge in [-0.15, -0.1) is 0 Å². The summed E-state index contributed by atoms with van der Waals surface area (Å²) in [4.78, 5) is 18.2. The number of benzene rings is 3. The third kappa shape index (κ3) is 5.57. The second kappa shape index (κ2) is 10.2. The Morgan fingerprint density at radius 2 is 1.86 bits per heavy atom. The fraction of sp³-hybridized carbons (Fsp3) is 0.222. The molecule has 0 radical (unpaired) electrons. The van der Waals surface area contributed by atoms with Crippen molar-refractivity contribution in [1.82, 2.24) is 9.66 Å². The molecule has 0 unspecified atom stereocenters. The van der Waals surface area contributed by atoms with Crippen LogP contribution >= 0.6 is 27.5 Å². The summed E-state index contributed by atoms with van der Waals surface area (Å²) in [5, 5.41) is 5.72. The van der Waals surface area contributed by atoms with Crippen molar-refractivity contribution in [3.05, 3.63) is 97.5 Å². The van der Waals surface area contributed by atoms with Crippen molar-refractivity contribution in [3.8, 4) is 11.5 Å². The fourth-order valence-corrected chi connectivity index (χ4v) is 4.03. The van der Waals surface area contributed by atoms with Crippen LogP contribution in [0.1, 0.15) is 37.7 Å². The Morgan fingerprint density at radius 1 is 1.11 bits per heavy atom. The number of fused-ring (bicyclic) bond motifs is 1. The normalized spacial score (nSPS) is 11.8. The molecule has 0 aliphatic heterocycles. The van der Waals surface area contributed by atoms with Gasteiger partial charge >= 0.3 is 0 Å². The van der Waals surface area contributed by atoms with E-state index in [4.69, 9.17) is 26.1 Å². The van der Waals surface area contributed by atoms with Gasteiger partial charge in [0.15, 0.2) is 11.5 Å². The van der Waals surface area contributed by atoms with Crippen LogP contribution in [0.4, 0.5) is 0 Å². The van der Waals surface area contributed by atoms with Gasteiger partial charge in [0.05, 0.1) is 24.2 Å². The lowest BCUT2D eigenvalue weighted by Crippen LogP contribution is -2.29. The second-order valence-electron chi connectivity index (χ2n) is 9.00. The van der Waals surface area contributed by atoms with Crippen molar-refractivity contribution >= 4 is 44.6 Å². The predicted octanol–water partition coefficient (Wildman–Crippen LogP) is 6.58. The fourth-order valence-electron chi connectivity index (χ4n) is 3.55. The molecule has 0 aliphatic rings. The molecule has 35 heavy (non-hydrogen) atoms. The van der Waals surface area contributed by atoms with Crippen LogP contribution in [-0.4, -0.2) is 23.0 Å². The van der Waals surface area contributed by atoms with Crippen LogP contribution in [0.3, 0.4) is 0 Å². The number of ether oxygens (including phenoxy) is 2. The van der Waals surface area contributed by atoms with Gasteiger partial charge < -0.3 is 9.47 Å². The van der Waals surface area contributed by atoms with E-state index >= 15 is 0 Å². The summed E-state index contributed by atoms with van der Waals surface area (Å²) in [6.45, 7) is 6.31. The highest BCUT2D eigenvalue weighted by Gasteiger charge is 2.23. The van der Waals surface area contributed by atoms with Crippen LogP contribution < -0.4 is 15.0 Å². The molecule has 0 saturated carbocycles. The average Bonchev–Trinajstić information content (AvgIpc) is 2.82. The second-order valence-corrected chi connectivity index (χ2v) is 10.4. The minimum absolute atomic E-state index is 0.246. The Balaban J connectivity index is 1.78. The van der Waals surface area contributed by atoms with Gasteiger partial charge in [-0.25, -0.2) is 4.98 Å². The highest BCUT2D eigenvalue weighted by molar-refractivity contribution is 9.10. The highest BCUT2D eigenvalue weighted by Crippen LogP contribution is 2.31. The van der Waals surface area contributed by atoms with E-state index < -0.39 is 5.41 Å². The van der Waals surface area contributed by atoms with E-state index in [2.05, 4.69) is 21.0 Å². The summed E-state index contributed by atoms with van der Waals surface area (Å²) in [7, 11) is 1.58. The Bertz CT molecular complexity index is 1460. The largest absolute Gasteiger partial charge is 0.493 e. The van der Waals surface area contributed by atoms with Gasteiger partial charge in [-0.3, -0.25) is 4.79 Å². The van der Waals surface area contributed by atoms with Crippen molar-refractivity contribution in [3.63, 3.8) is 0 Å². The van der Waals surface area contributed by atoms with Crippen LogP contribution in [0.25, 0.3) is 10.9 Å². The average molecular weight is 555 g/mol. The van der Waals surface area contributed by atoms with Crippen LogP contribution in [0.15, 0.2) is 75.0 Å². The maximum atomic E-state index is 13.4. The van der Waals surface area contributed by atoms with E-state index in [0.717, 1.165) is 10.0 Å². The van der Waals surface area contributed by atoms with E-state index in [0.29, 0.717) is 45.4 Å². The maximum Gasteiger partial charge on any atom is 0.282 e. The van der Waals surface area contributed by atoms with Crippen LogP contribution in [0, 0.1) is 0 Å². The van der Waals surface area contributed by atoms with Crippen LogP contribution in [-0.2, 0) is 12.0 Å². The Kier molecular flexibility index (Phi) is 7.28. The summed E-state index contributed by atoms with van der Waals surface area (Å²) < 4.78 is 13.8. The molecule has 6 nitrogen and oxygen atoms in total. The number of aromatic nitrogens is 2. The summed E-state index contributed by atoms with van der Waals surface area (Å²) in [6.07, 6.45) is 1.60. The Labute approximate surface area is 217 Å². The minimum Gasteiger partial charge on any atom is -0.493 e. The zero-order valence-corrected chi connectivity index (χ0v) is 22.2. The summed E-state index contributed by atoms with van der Waals surface area (Å²) in [5.74, 6) is 1.64. The molecule has 0 amide bonds. The molecule has 0 aliphatic carbocycles. The minimum atomic E-state index is -0.417. The van der Waals surface area contributed by atoms with Crippen molar-refractivity contribution in [1.29, 1.82) is 0 Å². The molecule has 1 heterocycles. The summed E-state index contributed by atoms with van der Waals surface area (Å²) in [5.41, 5.74) is 1.59. The third-order valence-corrected chi connectivity index (χ3v) is 6.06. The Morgan fingerprint density at radius 3 is 2.54 bits per heavy atom. The molecule has 180 valence electrons. The third-order valence-electron chi connectivity index (χ3n) is 5.32. The molecule has 0 spiro atoms. The smallest absolute Gasteiger partial charge is 0.282 e. The molecule has 0 atom stereocenters. The molecule has 0 N–H and O–H groups in total. The van der Waals surface area contributed by atoms with Gasteiger partial charge in [-0.2, -0.15) is 9.78 Å². The van der Waals surface area contributed by atoms with Gasteiger partial charge in [0.1, 0.15) is 12.4 Å². The van der Waals surface area contributed by atoms with Crippen molar-refractivity contribution in [2.45, 2.75) is 32.8 Å². The number of para-hydroxylation sites is 1. The molecule has 4 aromatic rings. The lowest BCUT2D eigenvalue weighted by molar-refractivity contribution is 0.284. The molecular weight excluding hydrogens is 530 g/mol. The molecule has 0 fully saturated rings. The molecule has 4 rings (SSSR count). The van der Waals surface area contributed by atoms with E-state index in [1.807, 2.05) is 75.4 Å². The first kappa shape index (κ1) is 24.9. The zero-order chi connectivity index (χ0) is 25.2. The summed E-state index contributed by atoms with van der Waals surface area (Å²) in [6, 6.07) is 18.4. The van der Waals surface area contributed by atoms with Gasteiger partial charge in [0.2, 0.25) is 0 Å². The lowest BCUT2D eigenvalue weighted by Gasteiger charge is -2.21. The van der Waals surface area contributed by atoms with Gasteiger partial charge in [-0.1, -0.05) is 66.5 Å². The van der Waals surface area contributed by atoms with Gasteiger partial charge in [0, 0.05) is 20.5 Å². The highest BCUT2D eigenvalue weighted by atomic mass is 79.9. The van der Waals surface area contributed by atoms with Gasteiger partial charge in [-0.05, 0) is 48.0 Å². The molecule has 0 saturated heterocycles.